The number of rotatable bonds is 3. The molecular formula is C6H14NO. The molecular weight excluding hydrogens is 102 g/mol. The second kappa shape index (κ2) is 3.87. The Morgan fingerprint density at radius 1 is 1.38 bits per heavy atom. The Bertz CT molecular complexity index is 44.5. The Morgan fingerprint density at radius 3 is 2.00 bits per heavy atom. The molecule has 0 aliphatic rings. The van der Waals surface area contributed by atoms with E-state index in [1.807, 2.05) is 13.8 Å². The van der Waals surface area contributed by atoms with E-state index in [-0.39, 0.29) is 6.10 Å². The van der Waals surface area contributed by atoms with Crippen molar-refractivity contribution in [3.8, 4) is 0 Å². The van der Waals surface area contributed by atoms with E-state index in [9.17, 15) is 0 Å². The highest BCUT2D eigenvalue weighted by Gasteiger charge is 1.95. The summed E-state index contributed by atoms with van der Waals surface area (Å²) in [5.74, 6) is 0. The molecule has 0 heterocycles. The fraction of sp³-hybridized carbons (Fsp3) is 0.833. The van der Waals surface area contributed by atoms with Crippen LogP contribution in [0.5, 0.6) is 0 Å². The van der Waals surface area contributed by atoms with Crippen molar-refractivity contribution in [3.63, 3.8) is 0 Å². The molecule has 1 radical (unpaired) electrons. The molecule has 0 aromatic carbocycles. The molecule has 0 saturated carbocycles. The van der Waals surface area contributed by atoms with Crippen molar-refractivity contribution in [1.29, 1.82) is 0 Å². The Balaban J connectivity index is 2.93. The summed E-state index contributed by atoms with van der Waals surface area (Å²) >= 11 is 0. The van der Waals surface area contributed by atoms with Crippen LogP contribution in [0, 0.1) is 6.54 Å². The average molecular weight is 116 g/mol. The number of aliphatic hydroxyl groups is 1. The SMILES string of the molecule is CC(O)[CH]NC(C)C. The van der Waals surface area contributed by atoms with E-state index in [0.717, 1.165) is 0 Å². The van der Waals surface area contributed by atoms with E-state index in [1.54, 1.807) is 13.5 Å². The molecule has 0 fully saturated rings. The number of nitrogens with one attached hydrogen (secondary N) is 1. The minimum absolute atomic E-state index is 0.350. The summed E-state index contributed by atoms with van der Waals surface area (Å²) in [6, 6.07) is 0.421. The third-order valence-corrected chi connectivity index (χ3v) is 0.671. The van der Waals surface area contributed by atoms with Crippen LogP contribution in [-0.2, 0) is 0 Å². The van der Waals surface area contributed by atoms with Crippen molar-refractivity contribution in [2.24, 2.45) is 0 Å². The fourth-order valence-corrected chi connectivity index (χ4v) is 0.332. The molecule has 0 saturated heterocycles. The molecule has 8 heavy (non-hydrogen) atoms. The standard InChI is InChI=1S/C6H14NO/c1-5(2)7-4-6(3)8/h4-8H,1-3H3. The van der Waals surface area contributed by atoms with E-state index >= 15 is 0 Å². The predicted molar refractivity (Wildman–Crippen MR) is 34.3 cm³/mol. The molecule has 0 aromatic rings. The molecule has 2 N–H and O–H groups in total. The quantitative estimate of drug-likeness (QED) is 0.563. The Hall–Kier alpha value is -0.0800. The first-order valence-corrected chi connectivity index (χ1v) is 2.90. The van der Waals surface area contributed by atoms with Gasteiger partial charge in [0.25, 0.3) is 0 Å². The molecule has 49 valence electrons. The zero-order valence-electron chi connectivity index (χ0n) is 5.68. The lowest BCUT2D eigenvalue weighted by Gasteiger charge is -2.07. The smallest absolute Gasteiger partial charge is 0.0681 e. The summed E-state index contributed by atoms with van der Waals surface area (Å²) in [5.41, 5.74) is 0. The van der Waals surface area contributed by atoms with Crippen molar-refractivity contribution in [1.82, 2.24) is 5.32 Å². The lowest BCUT2D eigenvalue weighted by molar-refractivity contribution is 0.215. The lowest BCUT2D eigenvalue weighted by atomic mass is 10.3. The highest BCUT2D eigenvalue weighted by molar-refractivity contribution is 4.69. The zero-order chi connectivity index (χ0) is 6.57. The molecule has 2 heteroatoms. The lowest BCUT2D eigenvalue weighted by Crippen LogP contribution is -2.24. The molecule has 2 nitrogen and oxygen atoms in total. The van der Waals surface area contributed by atoms with Crippen LogP contribution in [0.1, 0.15) is 20.8 Å². The van der Waals surface area contributed by atoms with Gasteiger partial charge in [-0.15, -0.1) is 0 Å². The van der Waals surface area contributed by atoms with E-state index in [4.69, 9.17) is 5.11 Å². The first-order valence-electron chi connectivity index (χ1n) is 2.90. The molecule has 0 aliphatic heterocycles. The van der Waals surface area contributed by atoms with E-state index in [2.05, 4.69) is 5.32 Å². The molecule has 0 amide bonds. The summed E-state index contributed by atoms with van der Waals surface area (Å²) in [6.07, 6.45) is -0.350. The van der Waals surface area contributed by atoms with Gasteiger partial charge < -0.3 is 10.4 Å². The maximum absolute atomic E-state index is 8.68. The first-order chi connectivity index (χ1) is 3.63. The van der Waals surface area contributed by atoms with Crippen LogP contribution in [0.4, 0.5) is 0 Å². The Labute approximate surface area is 50.9 Å². The summed E-state index contributed by atoms with van der Waals surface area (Å²) in [4.78, 5) is 0. The van der Waals surface area contributed by atoms with Gasteiger partial charge in [-0.25, -0.2) is 0 Å². The monoisotopic (exact) mass is 116 g/mol. The van der Waals surface area contributed by atoms with E-state index < -0.39 is 0 Å². The van der Waals surface area contributed by atoms with Crippen molar-refractivity contribution in [2.75, 3.05) is 0 Å². The highest BCUT2D eigenvalue weighted by Crippen LogP contribution is 1.84. The average Bonchev–Trinajstić information content (AvgIpc) is 1.61. The first kappa shape index (κ1) is 7.92. The summed E-state index contributed by atoms with van der Waals surface area (Å²) in [6.45, 7) is 7.44. The van der Waals surface area contributed by atoms with Gasteiger partial charge in [-0.1, -0.05) is 13.8 Å². The van der Waals surface area contributed by atoms with Crippen LogP contribution in [0.2, 0.25) is 0 Å². The second-order valence-electron chi connectivity index (χ2n) is 2.23. The van der Waals surface area contributed by atoms with Gasteiger partial charge >= 0.3 is 0 Å². The second-order valence-corrected chi connectivity index (χ2v) is 2.23. The molecule has 0 bridgehead atoms. The minimum Gasteiger partial charge on any atom is -0.392 e. The summed E-state index contributed by atoms with van der Waals surface area (Å²) < 4.78 is 0. The zero-order valence-corrected chi connectivity index (χ0v) is 5.68. The van der Waals surface area contributed by atoms with Gasteiger partial charge in [0.15, 0.2) is 0 Å². The van der Waals surface area contributed by atoms with Gasteiger partial charge in [0.05, 0.1) is 12.6 Å². The maximum Gasteiger partial charge on any atom is 0.0681 e. The van der Waals surface area contributed by atoms with E-state index in [0.29, 0.717) is 6.04 Å². The number of hydrogen-bond acceptors (Lipinski definition) is 2. The van der Waals surface area contributed by atoms with Crippen LogP contribution >= 0.6 is 0 Å². The topological polar surface area (TPSA) is 32.3 Å². The number of aliphatic hydroxyl groups excluding tert-OH is 1. The summed E-state index contributed by atoms with van der Waals surface area (Å²) in [7, 11) is 0. The van der Waals surface area contributed by atoms with Crippen LogP contribution in [0.3, 0.4) is 0 Å². The predicted octanol–water partition coefficient (Wildman–Crippen LogP) is 0.527. The van der Waals surface area contributed by atoms with Crippen molar-refractivity contribution in [2.45, 2.75) is 32.9 Å². The minimum atomic E-state index is -0.350. The Kier molecular flexibility index (Phi) is 3.83. The van der Waals surface area contributed by atoms with Crippen LogP contribution in [0.15, 0.2) is 0 Å². The number of hydrogen-bond donors (Lipinski definition) is 2. The van der Waals surface area contributed by atoms with Crippen molar-refractivity contribution >= 4 is 0 Å². The van der Waals surface area contributed by atoms with E-state index in [1.165, 1.54) is 0 Å². The largest absolute Gasteiger partial charge is 0.392 e. The van der Waals surface area contributed by atoms with Gasteiger partial charge in [-0.05, 0) is 6.92 Å². The molecule has 0 aliphatic carbocycles. The molecule has 0 aromatic heterocycles. The van der Waals surface area contributed by atoms with Crippen LogP contribution in [-0.4, -0.2) is 17.3 Å². The fourth-order valence-electron chi connectivity index (χ4n) is 0.332. The van der Waals surface area contributed by atoms with Crippen molar-refractivity contribution in [3.05, 3.63) is 6.54 Å². The van der Waals surface area contributed by atoms with Gasteiger partial charge in [0, 0.05) is 6.04 Å². The molecule has 0 spiro atoms. The molecule has 1 atom stereocenters. The molecule has 0 rings (SSSR count). The third kappa shape index (κ3) is 5.92. The normalized spacial score (nSPS) is 14.6. The molecule has 1 unspecified atom stereocenters. The van der Waals surface area contributed by atoms with Gasteiger partial charge in [-0.3, -0.25) is 0 Å². The maximum atomic E-state index is 8.68. The van der Waals surface area contributed by atoms with Gasteiger partial charge in [0.2, 0.25) is 0 Å². The van der Waals surface area contributed by atoms with Gasteiger partial charge in [0.1, 0.15) is 0 Å². The van der Waals surface area contributed by atoms with Crippen LogP contribution in [0.25, 0.3) is 0 Å². The van der Waals surface area contributed by atoms with Gasteiger partial charge in [-0.2, -0.15) is 0 Å². The van der Waals surface area contributed by atoms with Crippen molar-refractivity contribution < 1.29 is 5.11 Å². The third-order valence-electron chi connectivity index (χ3n) is 0.671. The highest BCUT2D eigenvalue weighted by atomic mass is 16.3. The van der Waals surface area contributed by atoms with Crippen LogP contribution < -0.4 is 5.32 Å². The Morgan fingerprint density at radius 2 is 1.88 bits per heavy atom. The summed E-state index contributed by atoms with van der Waals surface area (Å²) in [5, 5.41) is 11.7.